The molecule has 27 heavy (non-hydrogen) atoms. The number of hydrogen-bond acceptors (Lipinski definition) is 4. The molecule has 2 aromatic carbocycles. The molecular weight excluding hydrogens is 409 g/mol. The normalized spacial score (nSPS) is 12.1. The quantitative estimate of drug-likeness (QED) is 0.647. The fourth-order valence-corrected chi connectivity index (χ4v) is 4.36. The number of hydrogen-bond donors (Lipinski definition) is 1. The van der Waals surface area contributed by atoms with Crippen molar-refractivity contribution in [2.45, 2.75) is 31.1 Å². The molecule has 1 N–H and O–H groups in total. The minimum absolute atomic E-state index is 0.0531. The summed E-state index contributed by atoms with van der Waals surface area (Å²) in [5.41, 5.74) is 0.974. The van der Waals surface area contributed by atoms with Crippen molar-refractivity contribution in [3.8, 4) is 11.5 Å². The molecule has 0 atom stereocenters. The van der Waals surface area contributed by atoms with Gasteiger partial charge in [-0.25, -0.2) is 13.1 Å². The maximum atomic E-state index is 12.5. The Hall–Kier alpha value is -1.47. The van der Waals surface area contributed by atoms with Crippen LogP contribution in [0.25, 0.3) is 0 Å². The summed E-state index contributed by atoms with van der Waals surface area (Å²) in [5.74, 6) is 1.04. The highest BCUT2D eigenvalue weighted by molar-refractivity contribution is 7.89. The highest BCUT2D eigenvalue weighted by Crippen LogP contribution is 2.36. The Bertz CT molecular complexity index is 908. The second-order valence-electron chi connectivity index (χ2n) is 6.89. The highest BCUT2D eigenvalue weighted by atomic mass is 35.5. The first kappa shape index (κ1) is 21.8. The van der Waals surface area contributed by atoms with Gasteiger partial charge in [0.15, 0.2) is 0 Å². The summed E-state index contributed by atoms with van der Waals surface area (Å²) in [6.45, 7) is 6.53. The van der Waals surface area contributed by atoms with Crippen LogP contribution in [-0.2, 0) is 15.4 Å². The summed E-state index contributed by atoms with van der Waals surface area (Å²) in [5, 5.41) is -0.0279. The summed E-state index contributed by atoms with van der Waals surface area (Å²) in [6, 6.07) is 10.5. The molecule has 0 aliphatic carbocycles. The van der Waals surface area contributed by atoms with Gasteiger partial charge in [0.05, 0.1) is 12.1 Å². The maximum Gasteiger partial charge on any atom is 0.242 e. The number of rotatable bonds is 7. The Morgan fingerprint density at radius 1 is 1.00 bits per heavy atom. The standard InChI is InChI=1S/C19H23Cl2NO4S/c1-19(2,3)13-7-5-6-8-14(13)26-12-11-22-27(23,24)16-10-9-15(25-4)17(20)18(16)21/h5-10,22H,11-12H2,1-4H3. The Morgan fingerprint density at radius 2 is 1.67 bits per heavy atom. The van der Waals surface area contributed by atoms with E-state index in [1.807, 2.05) is 24.3 Å². The van der Waals surface area contributed by atoms with Crippen LogP contribution in [0.15, 0.2) is 41.3 Å². The van der Waals surface area contributed by atoms with E-state index in [1.165, 1.54) is 19.2 Å². The average Bonchev–Trinajstić information content (AvgIpc) is 2.60. The topological polar surface area (TPSA) is 64.6 Å². The van der Waals surface area contributed by atoms with Gasteiger partial charge in [-0.05, 0) is 29.2 Å². The highest BCUT2D eigenvalue weighted by Gasteiger charge is 2.22. The molecule has 148 valence electrons. The zero-order valence-corrected chi connectivity index (χ0v) is 18.0. The molecular formula is C19H23Cl2NO4S. The second kappa shape index (κ2) is 8.69. The zero-order chi connectivity index (χ0) is 20.2. The van der Waals surface area contributed by atoms with Crippen molar-refractivity contribution < 1.29 is 17.9 Å². The third-order valence-corrected chi connectivity index (χ3v) is 6.35. The Balaban J connectivity index is 2.05. The lowest BCUT2D eigenvalue weighted by molar-refractivity contribution is 0.314. The monoisotopic (exact) mass is 431 g/mol. The molecule has 0 saturated heterocycles. The van der Waals surface area contributed by atoms with Crippen LogP contribution in [0.2, 0.25) is 10.0 Å². The van der Waals surface area contributed by atoms with Gasteiger partial charge in [-0.3, -0.25) is 0 Å². The van der Waals surface area contributed by atoms with Gasteiger partial charge in [0.25, 0.3) is 0 Å². The van der Waals surface area contributed by atoms with Gasteiger partial charge in [-0.15, -0.1) is 0 Å². The van der Waals surface area contributed by atoms with Crippen LogP contribution in [0.3, 0.4) is 0 Å². The van der Waals surface area contributed by atoms with Crippen molar-refractivity contribution in [3.63, 3.8) is 0 Å². The number of methoxy groups -OCH3 is 1. The summed E-state index contributed by atoms with van der Waals surface area (Å²) in [6.07, 6.45) is 0. The van der Waals surface area contributed by atoms with E-state index in [9.17, 15) is 8.42 Å². The van der Waals surface area contributed by atoms with Crippen LogP contribution in [0.5, 0.6) is 11.5 Å². The lowest BCUT2D eigenvalue weighted by Crippen LogP contribution is -2.29. The number of para-hydroxylation sites is 1. The van der Waals surface area contributed by atoms with Gasteiger partial charge in [0.1, 0.15) is 28.0 Å². The molecule has 8 heteroatoms. The molecule has 0 bridgehead atoms. The van der Waals surface area contributed by atoms with Crippen LogP contribution in [0.1, 0.15) is 26.3 Å². The molecule has 0 amide bonds. The zero-order valence-electron chi connectivity index (χ0n) is 15.7. The fourth-order valence-electron chi connectivity index (χ4n) is 2.51. The molecule has 0 saturated carbocycles. The van der Waals surface area contributed by atoms with Crippen molar-refractivity contribution in [3.05, 3.63) is 52.0 Å². The van der Waals surface area contributed by atoms with Gasteiger partial charge in [-0.2, -0.15) is 0 Å². The Kier molecular flexibility index (Phi) is 7.03. The smallest absolute Gasteiger partial charge is 0.242 e. The summed E-state index contributed by atoms with van der Waals surface area (Å²) in [7, 11) is -2.41. The minimum atomic E-state index is -3.83. The molecule has 0 fully saturated rings. The number of halogens is 2. The maximum absolute atomic E-state index is 12.5. The van der Waals surface area contributed by atoms with Crippen molar-refractivity contribution in [1.82, 2.24) is 4.72 Å². The molecule has 0 aliphatic rings. The molecule has 0 spiro atoms. The molecule has 0 unspecified atom stereocenters. The lowest BCUT2D eigenvalue weighted by atomic mass is 9.86. The largest absolute Gasteiger partial charge is 0.495 e. The van der Waals surface area contributed by atoms with Crippen molar-refractivity contribution in [2.24, 2.45) is 0 Å². The minimum Gasteiger partial charge on any atom is -0.495 e. The van der Waals surface area contributed by atoms with E-state index in [0.717, 1.165) is 11.3 Å². The number of benzene rings is 2. The van der Waals surface area contributed by atoms with Gasteiger partial charge in [0.2, 0.25) is 10.0 Å². The van der Waals surface area contributed by atoms with E-state index in [4.69, 9.17) is 32.7 Å². The van der Waals surface area contributed by atoms with Crippen LogP contribution in [0.4, 0.5) is 0 Å². The third-order valence-electron chi connectivity index (χ3n) is 3.87. The van der Waals surface area contributed by atoms with E-state index in [2.05, 4.69) is 25.5 Å². The van der Waals surface area contributed by atoms with E-state index >= 15 is 0 Å². The first-order chi connectivity index (χ1) is 12.6. The van der Waals surface area contributed by atoms with E-state index in [-0.39, 0.29) is 33.5 Å². The van der Waals surface area contributed by atoms with Crippen LogP contribution in [0, 0.1) is 0 Å². The average molecular weight is 432 g/mol. The SMILES string of the molecule is COc1ccc(S(=O)(=O)NCCOc2ccccc2C(C)(C)C)c(Cl)c1Cl. The summed E-state index contributed by atoms with van der Waals surface area (Å²) in [4.78, 5) is -0.106. The van der Waals surface area contributed by atoms with E-state index in [0.29, 0.717) is 5.75 Å². The summed E-state index contributed by atoms with van der Waals surface area (Å²) < 4.78 is 38.3. The van der Waals surface area contributed by atoms with Crippen LogP contribution in [-0.4, -0.2) is 28.7 Å². The Morgan fingerprint density at radius 3 is 2.30 bits per heavy atom. The lowest BCUT2D eigenvalue weighted by Gasteiger charge is -2.22. The van der Waals surface area contributed by atoms with Crippen molar-refractivity contribution in [1.29, 1.82) is 0 Å². The molecule has 0 aromatic heterocycles. The first-order valence-corrected chi connectivity index (χ1v) is 10.6. The van der Waals surface area contributed by atoms with Crippen molar-refractivity contribution in [2.75, 3.05) is 20.3 Å². The van der Waals surface area contributed by atoms with Gasteiger partial charge in [0, 0.05) is 6.54 Å². The number of nitrogens with one attached hydrogen (secondary N) is 1. The van der Waals surface area contributed by atoms with Crippen molar-refractivity contribution >= 4 is 33.2 Å². The van der Waals surface area contributed by atoms with Gasteiger partial charge < -0.3 is 9.47 Å². The number of sulfonamides is 1. The van der Waals surface area contributed by atoms with Crippen LogP contribution >= 0.6 is 23.2 Å². The molecule has 5 nitrogen and oxygen atoms in total. The van der Waals surface area contributed by atoms with E-state index < -0.39 is 10.0 Å². The fraction of sp³-hybridized carbons (Fsp3) is 0.368. The van der Waals surface area contributed by atoms with Gasteiger partial charge in [-0.1, -0.05) is 62.2 Å². The molecule has 2 rings (SSSR count). The summed E-state index contributed by atoms with van der Waals surface area (Å²) >= 11 is 12.1. The number of ether oxygens (including phenoxy) is 2. The predicted octanol–water partition coefficient (Wildman–Crippen LogP) is 4.66. The predicted molar refractivity (Wildman–Crippen MR) is 109 cm³/mol. The second-order valence-corrected chi connectivity index (χ2v) is 9.38. The van der Waals surface area contributed by atoms with E-state index in [1.54, 1.807) is 0 Å². The van der Waals surface area contributed by atoms with Gasteiger partial charge >= 0.3 is 0 Å². The molecule has 0 aliphatic heterocycles. The molecule has 2 aromatic rings. The molecule has 0 radical (unpaired) electrons. The van der Waals surface area contributed by atoms with Crippen LogP contribution < -0.4 is 14.2 Å². The molecule has 0 heterocycles. The third kappa shape index (κ3) is 5.29. The first-order valence-electron chi connectivity index (χ1n) is 8.32. The Labute approximate surface area is 170 Å².